The number of carbonyl (C=O) groups is 1. The minimum Gasteiger partial charge on any atom is -0.508 e. The molecule has 0 radical (unpaired) electrons. The predicted octanol–water partition coefficient (Wildman–Crippen LogP) is 1.90. The van der Waals surface area contributed by atoms with Crippen LogP contribution in [0.3, 0.4) is 0 Å². The van der Waals surface area contributed by atoms with Crippen LogP contribution in [-0.4, -0.2) is 21.0 Å². The Bertz CT molecular complexity index is 871. The van der Waals surface area contributed by atoms with E-state index in [2.05, 4.69) is 15.3 Å². The molecule has 26 heavy (non-hydrogen) atoms. The topological polar surface area (TPSA) is 101 Å². The Labute approximate surface area is 151 Å². The lowest BCUT2D eigenvalue weighted by molar-refractivity contribution is -0.125. The van der Waals surface area contributed by atoms with E-state index in [4.69, 9.17) is 5.73 Å². The molecule has 0 fully saturated rings. The molecule has 1 unspecified atom stereocenters. The van der Waals surface area contributed by atoms with Gasteiger partial charge in [-0.3, -0.25) is 20.1 Å². The summed E-state index contributed by atoms with van der Waals surface area (Å²) in [5.74, 6) is -0.449. The fourth-order valence-electron chi connectivity index (χ4n) is 2.92. The van der Waals surface area contributed by atoms with Crippen molar-refractivity contribution in [2.75, 3.05) is 0 Å². The number of nitrogens with two attached hydrogens (primary N) is 1. The van der Waals surface area contributed by atoms with Crippen LogP contribution in [0.2, 0.25) is 0 Å². The molecule has 0 saturated heterocycles. The molecular weight excluding hydrogens is 328 g/mol. The number of rotatable bonds is 7. The second kappa shape index (κ2) is 7.76. The molecule has 4 N–H and O–H groups in total. The van der Waals surface area contributed by atoms with Crippen molar-refractivity contribution in [3.8, 4) is 5.75 Å². The van der Waals surface area contributed by atoms with Crippen LogP contribution in [0.15, 0.2) is 73.3 Å². The first-order valence-corrected chi connectivity index (χ1v) is 8.22. The number of aromatic nitrogens is 2. The molecular formula is C20H20N4O2. The van der Waals surface area contributed by atoms with Crippen LogP contribution < -0.4 is 11.1 Å². The lowest BCUT2D eigenvalue weighted by atomic mass is 9.82. The molecule has 0 saturated carbocycles. The standard InChI is InChI=1S/C20H20N4O2/c21-19(26)20(12-15-6-9-22-10-7-15,17-4-1-5-18(25)11-17)24-14-16-3-2-8-23-13-16/h1-11,13,24-25H,12,14H2,(H2,21,26). The van der Waals surface area contributed by atoms with Crippen molar-refractivity contribution in [2.24, 2.45) is 5.73 Å². The van der Waals surface area contributed by atoms with E-state index in [9.17, 15) is 9.90 Å². The van der Waals surface area contributed by atoms with Crippen molar-refractivity contribution in [1.82, 2.24) is 15.3 Å². The van der Waals surface area contributed by atoms with Crippen molar-refractivity contribution in [3.63, 3.8) is 0 Å². The van der Waals surface area contributed by atoms with Gasteiger partial charge >= 0.3 is 0 Å². The molecule has 0 aliphatic rings. The first-order chi connectivity index (χ1) is 12.6. The highest BCUT2D eigenvalue weighted by molar-refractivity contribution is 5.86. The molecule has 132 valence electrons. The molecule has 0 aliphatic carbocycles. The average Bonchev–Trinajstić information content (AvgIpc) is 2.66. The number of hydrogen-bond acceptors (Lipinski definition) is 5. The maximum Gasteiger partial charge on any atom is 0.242 e. The predicted molar refractivity (Wildman–Crippen MR) is 98.0 cm³/mol. The number of pyridine rings is 2. The molecule has 2 aromatic heterocycles. The van der Waals surface area contributed by atoms with Gasteiger partial charge in [0.25, 0.3) is 0 Å². The van der Waals surface area contributed by atoms with E-state index in [1.807, 2.05) is 24.3 Å². The van der Waals surface area contributed by atoms with E-state index in [0.29, 0.717) is 18.5 Å². The highest BCUT2D eigenvalue weighted by atomic mass is 16.3. The van der Waals surface area contributed by atoms with Crippen LogP contribution in [0.1, 0.15) is 16.7 Å². The summed E-state index contributed by atoms with van der Waals surface area (Å²) in [5.41, 5.74) is 7.10. The van der Waals surface area contributed by atoms with Crippen molar-refractivity contribution < 1.29 is 9.90 Å². The summed E-state index contributed by atoms with van der Waals surface area (Å²) in [4.78, 5) is 20.7. The molecule has 1 atom stereocenters. The van der Waals surface area contributed by atoms with Crippen LogP contribution in [-0.2, 0) is 23.3 Å². The van der Waals surface area contributed by atoms with Crippen LogP contribution in [0, 0.1) is 0 Å². The number of benzene rings is 1. The van der Waals surface area contributed by atoms with Crippen molar-refractivity contribution >= 4 is 5.91 Å². The zero-order valence-electron chi connectivity index (χ0n) is 14.2. The Morgan fingerprint density at radius 1 is 1.04 bits per heavy atom. The number of aromatic hydroxyl groups is 1. The van der Waals surface area contributed by atoms with Crippen molar-refractivity contribution in [3.05, 3.63) is 90.0 Å². The van der Waals surface area contributed by atoms with Crippen LogP contribution in [0.4, 0.5) is 0 Å². The number of nitrogens with zero attached hydrogens (tertiary/aromatic N) is 2. The zero-order valence-corrected chi connectivity index (χ0v) is 14.2. The molecule has 6 heteroatoms. The lowest BCUT2D eigenvalue weighted by Crippen LogP contribution is -2.54. The number of nitrogens with one attached hydrogen (secondary N) is 1. The van der Waals surface area contributed by atoms with Crippen LogP contribution in [0.25, 0.3) is 0 Å². The quantitative estimate of drug-likeness (QED) is 0.605. The van der Waals surface area contributed by atoms with E-state index < -0.39 is 11.4 Å². The van der Waals surface area contributed by atoms with Gasteiger partial charge in [0, 0.05) is 37.8 Å². The second-order valence-corrected chi connectivity index (χ2v) is 6.07. The number of phenolic OH excluding ortho intramolecular Hbond substituents is 1. The molecule has 1 aromatic carbocycles. The lowest BCUT2D eigenvalue weighted by Gasteiger charge is -2.33. The fraction of sp³-hybridized carbons (Fsp3) is 0.150. The van der Waals surface area contributed by atoms with Gasteiger partial charge in [-0.05, 0) is 47.0 Å². The monoisotopic (exact) mass is 348 g/mol. The summed E-state index contributed by atoms with van der Waals surface area (Å²) >= 11 is 0. The molecule has 3 aromatic rings. The molecule has 6 nitrogen and oxygen atoms in total. The van der Waals surface area contributed by atoms with Gasteiger partial charge in [-0.15, -0.1) is 0 Å². The number of carbonyl (C=O) groups excluding carboxylic acids is 1. The third-order valence-corrected chi connectivity index (χ3v) is 4.30. The van der Waals surface area contributed by atoms with Gasteiger partial charge in [-0.1, -0.05) is 18.2 Å². The van der Waals surface area contributed by atoms with Crippen LogP contribution in [0.5, 0.6) is 5.75 Å². The Morgan fingerprint density at radius 2 is 1.85 bits per heavy atom. The minimum absolute atomic E-state index is 0.0750. The number of hydrogen-bond donors (Lipinski definition) is 3. The highest BCUT2D eigenvalue weighted by Crippen LogP contribution is 2.29. The maximum absolute atomic E-state index is 12.6. The largest absolute Gasteiger partial charge is 0.508 e. The van der Waals surface area contributed by atoms with Gasteiger partial charge in [0.2, 0.25) is 5.91 Å². The van der Waals surface area contributed by atoms with Gasteiger partial charge in [-0.25, -0.2) is 0 Å². The molecule has 0 spiro atoms. The minimum atomic E-state index is -1.18. The zero-order chi connectivity index (χ0) is 18.4. The third-order valence-electron chi connectivity index (χ3n) is 4.30. The summed E-state index contributed by atoms with van der Waals surface area (Å²) in [6.07, 6.45) is 7.09. The highest BCUT2D eigenvalue weighted by Gasteiger charge is 2.38. The second-order valence-electron chi connectivity index (χ2n) is 6.07. The van der Waals surface area contributed by atoms with Gasteiger partial charge in [-0.2, -0.15) is 0 Å². The Hall–Kier alpha value is -3.25. The SMILES string of the molecule is NC(=O)C(Cc1ccncc1)(NCc1cccnc1)c1cccc(O)c1. The number of primary amides is 1. The van der Waals surface area contributed by atoms with Crippen LogP contribution >= 0.6 is 0 Å². The van der Waals surface area contributed by atoms with E-state index in [1.54, 1.807) is 49.1 Å². The summed E-state index contributed by atoms with van der Waals surface area (Å²) < 4.78 is 0. The molecule has 1 amide bonds. The summed E-state index contributed by atoms with van der Waals surface area (Å²) in [6.45, 7) is 0.400. The molecule has 3 rings (SSSR count). The molecule has 2 heterocycles. The number of amides is 1. The van der Waals surface area contributed by atoms with E-state index in [1.165, 1.54) is 0 Å². The first-order valence-electron chi connectivity index (χ1n) is 8.22. The van der Waals surface area contributed by atoms with E-state index in [0.717, 1.165) is 11.1 Å². The smallest absolute Gasteiger partial charge is 0.242 e. The van der Waals surface area contributed by atoms with E-state index in [-0.39, 0.29) is 5.75 Å². The average molecular weight is 348 g/mol. The van der Waals surface area contributed by atoms with Crippen molar-refractivity contribution in [2.45, 2.75) is 18.5 Å². The Morgan fingerprint density at radius 3 is 2.50 bits per heavy atom. The van der Waals surface area contributed by atoms with Gasteiger partial charge in [0.1, 0.15) is 11.3 Å². The summed E-state index contributed by atoms with van der Waals surface area (Å²) in [5, 5.41) is 13.2. The molecule has 0 aliphatic heterocycles. The van der Waals surface area contributed by atoms with Crippen molar-refractivity contribution in [1.29, 1.82) is 0 Å². The fourth-order valence-corrected chi connectivity index (χ4v) is 2.92. The van der Waals surface area contributed by atoms with Gasteiger partial charge in [0.05, 0.1) is 0 Å². The summed E-state index contributed by atoms with van der Waals surface area (Å²) in [6, 6.07) is 14.0. The van der Waals surface area contributed by atoms with Gasteiger partial charge < -0.3 is 10.8 Å². The van der Waals surface area contributed by atoms with E-state index >= 15 is 0 Å². The molecule has 0 bridgehead atoms. The Kier molecular flexibility index (Phi) is 5.24. The maximum atomic E-state index is 12.6. The van der Waals surface area contributed by atoms with Gasteiger partial charge in [0.15, 0.2) is 0 Å². The summed E-state index contributed by atoms with van der Waals surface area (Å²) in [7, 11) is 0. The Balaban J connectivity index is 2.01. The number of phenols is 1. The first kappa shape index (κ1) is 17.6. The third kappa shape index (κ3) is 3.87. The normalized spacial score (nSPS) is 13.1.